The van der Waals surface area contributed by atoms with Gasteiger partial charge in [0.2, 0.25) is 0 Å². The smallest absolute Gasteiger partial charge is 0.259 e. The standard InChI is InChI=1S/C2H3N.HO2P/c1-2-3;1-3-2/h3H,1H2;3H/p+1. The summed E-state index contributed by atoms with van der Waals surface area (Å²) in [4.78, 5) is 7.04. The van der Waals surface area contributed by atoms with Gasteiger partial charge in [0, 0.05) is 0 Å². The van der Waals surface area contributed by atoms with Gasteiger partial charge in [0.1, 0.15) is 0 Å². The maximum absolute atomic E-state index is 8.51. The van der Waals surface area contributed by atoms with Gasteiger partial charge in [-0.2, -0.15) is 4.89 Å². The highest BCUT2D eigenvalue weighted by Gasteiger charge is 1.45. The van der Waals surface area contributed by atoms with Gasteiger partial charge in [-0.1, -0.05) is 0 Å². The molecule has 4 heteroatoms. The summed E-state index contributed by atoms with van der Waals surface area (Å²) in [6.07, 6.45) is 0. The van der Waals surface area contributed by atoms with Crippen LogP contribution in [-0.2, 0) is 4.57 Å². The van der Waals surface area contributed by atoms with Crippen LogP contribution in [0.4, 0.5) is 0 Å². The molecule has 34 valence electrons. The van der Waals surface area contributed by atoms with Gasteiger partial charge in [0.25, 0.3) is 0 Å². The van der Waals surface area contributed by atoms with Gasteiger partial charge in [0.05, 0.1) is 0 Å². The zero-order chi connectivity index (χ0) is 5.41. The van der Waals surface area contributed by atoms with Crippen LogP contribution in [0.5, 0.6) is 0 Å². The Morgan fingerprint density at radius 2 is 2.00 bits per heavy atom. The Morgan fingerprint density at radius 1 is 2.00 bits per heavy atom. The van der Waals surface area contributed by atoms with Crippen LogP contribution >= 0.6 is 8.69 Å². The van der Waals surface area contributed by atoms with E-state index in [0.717, 1.165) is 0 Å². The molecule has 1 atom stereocenters. The highest BCUT2D eigenvalue weighted by molar-refractivity contribution is 7.16. The van der Waals surface area contributed by atoms with Gasteiger partial charge >= 0.3 is 8.69 Å². The highest BCUT2D eigenvalue weighted by atomic mass is 31.1. The molecule has 0 spiro atoms. The van der Waals surface area contributed by atoms with Crippen molar-refractivity contribution < 1.29 is 9.46 Å². The minimum Gasteiger partial charge on any atom is -0.259 e. The number of rotatable bonds is 0. The second-order valence-electron chi connectivity index (χ2n) is 0.268. The van der Waals surface area contributed by atoms with Gasteiger partial charge in [-0.15, -0.1) is 0 Å². The molecule has 0 aromatic carbocycles. The number of hydrogen-bond donors (Lipinski definition) is 2. The van der Waals surface area contributed by atoms with Crippen molar-refractivity contribution >= 4 is 14.6 Å². The fraction of sp³-hybridized carbons (Fsp3) is 0. The molecular weight excluding hydrogens is 101 g/mol. The largest absolute Gasteiger partial charge is 0.491 e. The molecule has 0 saturated heterocycles. The third kappa shape index (κ3) is 92.1. The molecule has 0 saturated carbocycles. The Balaban J connectivity index is 0. The average molecular weight is 106 g/mol. The van der Waals surface area contributed by atoms with Crippen LogP contribution in [0.1, 0.15) is 0 Å². The predicted octanol–water partition coefficient (Wildman–Crippen LogP) is 0.339. The molecule has 6 heavy (non-hydrogen) atoms. The molecule has 0 aliphatic heterocycles. The normalized spacial score (nSPS) is 4.83. The summed E-state index contributed by atoms with van der Waals surface area (Å²) in [7, 11) is -1.17. The van der Waals surface area contributed by atoms with Crippen LogP contribution in [0.25, 0.3) is 0 Å². The molecule has 2 N–H and O–H groups in total. The first-order valence-electron chi connectivity index (χ1n) is 1.03. The molecular formula is C2H5NO2P+. The zero-order valence-corrected chi connectivity index (χ0v) is 4.06. The third-order valence-corrected chi connectivity index (χ3v) is 0. The first-order valence-corrected chi connectivity index (χ1v) is 1.89. The predicted molar refractivity (Wildman–Crippen MR) is 24.6 cm³/mol. The van der Waals surface area contributed by atoms with E-state index in [9.17, 15) is 0 Å². The van der Waals surface area contributed by atoms with Crippen LogP contribution in [0.2, 0.25) is 0 Å². The third-order valence-electron chi connectivity index (χ3n) is 0. The van der Waals surface area contributed by atoms with Crippen LogP contribution in [-0.4, -0.2) is 10.8 Å². The molecule has 0 bridgehead atoms. The Morgan fingerprint density at radius 3 is 2.00 bits per heavy atom. The lowest BCUT2D eigenvalue weighted by Gasteiger charge is -1.10. The van der Waals surface area contributed by atoms with E-state index in [1.807, 2.05) is 0 Å². The van der Waals surface area contributed by atoms with Crippen molar-refractivity contribution in [2.75, 3.05) is 0 Å². The monoisotopic (exact) mass is 106 g/mol. The van der Waals surface area contributed by atoms with Crippen molar-refractivity contribution in [3.05, 3.63) is 6.58 Å². The van der Waals surface area contributed by atoms with Crippen LogP contribution in [0.3, 0.4) is 0 Å². The Bertz CT molecular complexity index is 56.6. The summed E-state index contributed by atoms with van der Waals surface area (Å²) in [5.41, 5.74) is 0. The highest BCUT2D eigenvalue weighted by Crippen LogP contribution is 1.66. The molecule has 0 amide bonds. The molecule has 0 aliphatic carbocycles. The summed E-state index contributed by atoms with van der Waals surface area (Å²) >= 11 is 0. The summed E-state index contributed by atoms with van der Waals surface area (Å²) < 4.78 is 8.51. The van der Waals surface area contributed by atoms with Crippen LogP contribution in [0, 0.1) is 5.41 Å². The van der Waals surface area contributed by atoms with Crippen LogP contribution in [0.15, 0.2) is 6.58 Å². The molecule has 0 aliphatic rings. The molecule has 3 nitrogen and oxygen atoms in total. The maximum Gasteiger partial charge on any atom is 0.491 e. The van der Waals surface area contributed by atoms with Crippen molar-refractivity contribution in [1.82, 2.24) is 0 Å². The first-order chi connectivity index (χ1) is 2.83. The quantitative estimate of drug-likeness (QED) is 0.345. The first kappa shape index (κ1) is 9.10. The number of nitrogens with one attached hydrogen (secondary N) is 1. The lowest BCUT2D eigenvalue weighted by Crippen LogP contribution is -1.10. The van der Waals surface area contributed by atoms with E-state index in [-0.39, 0.29) is 0 Å². The van der Waals surface area contributed by atoms with Crippen molar-refractivity contribution in [3.63, 3.8) is 0 Å². The van der Waals surface area contributed by atoms with Gasteiger partial charge in [-0.05, 0) is 17.0 Å². The molecule has 0 aromatic heterocycles. The summed E-state index contributed by atoms with van der Waals surface area (Å²) in [5.74, 6) is 1.75. The lowest BCUT2D eigenvalue weighted by molar-refractivity contribution is 0.524. The Kier molecular flexibility index (Phi) is 36.9. The fourth-order valence-electron chi connectivity index (χ4n) is 0. The van der Waals surface area contributed by atoms with Crippen molar-refractivity contribution in [2.45, 2.75) is 0 Å². The minimum absolute atomic E-state index is 1.17. The SMILES string of the molecule is C=C=N.O=[PH+]O. The molecule has 0 radical (unpaired) electrons. The van der Waals surface area contributed by atoms with Crippen molar-refractivity contribution in [3.8, 4) is 0 Å². The van der Waals surface area contributed by atoms with Gasteiger partial charge < -0.3 is 0 Å². The topological polar surface area (TPSA) is 61.2 Å². The summed E-state index contributed by atoms with van der Waals surface area (Å²) in [6, 6.07) is 0. The van der Waals surface area contributed by atoms with Crippen LogP contribution < -0.4 is 0 Å². The second-order valence-corrected chi connectivity index (χ2v) is 0.451. The van der Waals surface area contributed by atoms with E-state index < -0.39 is 8.69 Å². The number of hydrogen-bond acceptors (Lipinski definition) is 2. The minimum atomic E-state index is -1.17. The Hall–Kier alpha value is -0.490. The average Bonchev–Trinajstić information content (AvgIpc) is 1.39. The molecule has 1 unspecified atom stereocenters. The van der Waals surface area contributed by atoms with Gasteiger partial charge in [-0.25, -0.2) is 0 Å². The van der Waals surface area contributed by atoms with E-state index >= 15 is 0 Å². The molecule has 0 heterocycles. The maximum atomic E-state index is 8.51. The summed E-state index contributed by atoms with van der Waals surface area (Å²) in [6.45, 7) is 2.90. The van der Waals surface area contributed by atoms with Crippen molar-refractivity contribution in [2.24, 2.45) is 0 Å². The molecule has 0 rings (SSSR count). The van der Waals surface area contributed by atoms with E-state index in [1.165, 1.54) is 0 Å². The van der Waals surface area contributed by atoms with Crippen molar-refractivity contribution in [1.29, 1.82) is 5.41 Å². The van der Waals surface area contributed by atoms with E-state index in [4.69, 9.17) is 14.9 Å². The molecule has 0 fully saturated rings. The zero-order valence-electron chi connectivity index (χ0n) is 3.06. The van der Waals surface area contributed by atoms with Gasteiger partial charge in [-0.3, -0.25) is 5.41 Å². The molecule has 0 aromatic rings. The van der Waals surface area contributed by atoms with E-state index in [2.05, 4.69) is 6.58 Å². The second kappa shape index (κ2) is 24.4. The fourth-order valence-corrected chi connectivity index (χ4v) is 0. The Labute approximate surface area is 37.1 Å². The lowest BCUT2D eigenvalue weighted by atomic mass is 11.2. The summed E-state index contributed by atoms with van der Waals surface area (Å²) in [5, 5.41) is 5.85. The van der Waals surface area contributed by atoms with E-state index in [1.54, 1.807) is 5.87 Å². The van der Waals surface area contributed by atoms with Gasteiger partial charge in [0.15, 0.2) is 0 Å². The van der Waals surface area contributed by atoms with E-state index in [0.29, 0.717) is 0 Å².